The third kappa shape index (κ3) is 5.34. The molecule has 0 aliphatic heterocycles. The van der Waals surface area contributed by atoms with Crippen LogP contribution in [0.15, 0.2) is 62.1 Å². The summed E-state index contributed by atoms with van der Waals surface area (Å²) >= 11 is 6.90. The van der Waals surface area contributed by atoms with Crippen LogP contribution in [0.5, 0.6) is 17.2 Å². The topological polar surface area (TPSA) is 100 Å². The van der Waals surface area contributed by atoms with Gasteiger partial charge in [-0.3, -0.25) is 14.5 Å². The number of aromatic hydroxyl groups is 1. The van der Waals surface area contributed by atoms with E-state index in [-0.39, 0.29) is 17.4 Å². The number of hydrogen-bond donors (Lipinski definition) is 2. The highest BCUT2D eigenvalue weighted by Crippen LogP contribution is 2.41. The van der Waals surface area contributed by atoms with Gasteiger partial charge in [-0.1, -0.05) is 13.8 Å². The molecule has 7 nitrogen and oxygen atoms in total. The summed E-state index contributed by atoms with van der Waals surface area (Å²) in [5.41, 5.74) is 1.12. The van der Waals surface area contributed by atoms with E-state index in [1.54, 1.807) is 36.4 Å². The van der Waals surface area contributed by atoms with E-state index >= 15 is 0 Å². The van der Waals surface area contributed by atoms with E-state index in [0.717, 1.165) is 16.9 Å². The molecule has 1 amide bonds. The Morgan fingerprint density at radius 3 is 2.41 bits per heavy atom. The number of furan rings is 1. The molecule has 3 rings (SSSR count). The van der Waals surface area contributed by atoms with Crippen molar-refractivity contribution in [1.82, 2.24) is 0 Å². The summed E-state index contributed by atoms with van der Waals surface area (Å²) in [4.78, 5) is 25.3. The molecule has 0 aliphatic carbocycles. The summed E-state index contributed by atoms with van der Waals surface area (Å²) in [6, 6.07) is 11.3. The average molecular weight is 567 g/mol. The number of ether oxygens (including phenoxy) is 1. The minimum Gasteiger partial charge on any atom is -0.508 e. The first-order valence-corrected chi connectivity index (χ1v) is 11.4. The summed E-state index contributed by atoms with van der Waals surface area (Å²) in [6.45, 7) is 3.51. The van der Waals surface area contributed by atoms with Gasteiger partial charge in [0.2, 0.25) is 0 Å². The van der Waals surface area contributed by atoms with Gasteiger partial charge in [0.05, 0.1) is 15.2 Å². The zero-order valence-corrected chi connectivity index (χ0v) is 20.5. The molecule has 0 saturated heterocycles. The molecule has 0 radical (unpaired) electrons. The molecule has 1 atom stereocenters. The molecule has 0 fully saturated rings. The standard InChI is InChI=1S/C23H21Br2NO6/c1-3-13(2)16-11-15(6-7-19(16)27)32-22-17(24)9-14(10-18(22)25)26(12-21(28)29)23(30)20-5-4-8-31-20/h4-11,13,27H,3,12H2,1-2H3,(H,28,29). The van der Waals surface area contributed by atoms with E-state index in [1.165, 1.54) is 12.3 Å². The van der Waals surface area contributed by atoms with E-state index in [1.807, 2.05) is 13.8 Å². The Morgan fingerprint density at radius 2 is 1.84 bits per heavy atom. The second kappa shape index (κ2) is 10.2. The molecule has 0 saturated carbocycles. The molecule has 32 heavy (non-hydrogen) atoms. The van der Waals surface area contributed by atoms with Crippen LogP contribution in [0.1, 0.15) is 42.3 Å². The molecule has 1 unspecified atom stereocenters. The Kier molecular flexibility index (Phi) is 7.63. The molecule has 1 aromatic heterocycles. The molecule has 0 spiro atoms. The number of carboxylic acids is 1. The van der Waals surface area contributed by atoms with Crippen molar-refractivity contribution in [2.24, 2.45) is 0 Å². The van der Waals surface area contributed by atoms with E-state index < -0.39 is 18.4 Å². The molecule has 0 aliphatic rings. The first-order chi connectivity index (χ1) is 15.2. The van der Waals surface area contributed by atoms with Crippen LogP contribution in [0.2, 0.25) is 0 Å². The van der Waals surface area contributed by atoms with Gasteiger partial charge in [0.25, 0.3) is 5.91 Å². The highest BCUT2D eigenvalue weighted by atomic mass is 79.9. The predicted octanol–water partition coefficient (Wildman–Crippen LogP) is 6.55. The highest BCUT2D eigenvalue weighted by Gasteiger charge is 2.24. The van der Waals surface area contributed by atoms with Crippen LogP contribution in [0, 0.1) is 0 Å². The molecular weight excluding hydrogens is 546 g/mol. The minimum absolute atomic E-state index is 0.0282. The second-order valence-corrected chi connectivity index (χ2v) is 8.84. The summed E-state index contributed by atoms with van der Waals surface area (Å²) in [6.07, 6.45) is 2.21. The van der Waals surface area contributed by atoms with E-state index in [0.29, 0.717) is 26.1 Å². The largest absolute Gasteiger partial charge is 0.508 e. The van der Waals surface area contributed by atoms with Gasteiger partial charge in [-0.15, -0.1) is 0 Å². The van der Waals surface area contributed by atoms with Gasteiger partial charge in [-0.05, 0) is 86.7 Å². The number of carboxylic acid groups (broad SMARTS) is 1. The molecule has 168 valence electrons. The van der Waals surface area contributed by atoms with Crippen molar-refractivity contribution in [3.05, 3.63) is 69.0 Å². The number of carbonyl (C=O) groups is 2. The van der Waals surface area contributed by atoms with Crippen LogP contribution in [0.25, 0.3) is 0 Å². The lowest BCUT2D eigenvalue weighted by molar-refractivity contribution is -0.135. The summed E-state index contributed by atoms with van der Waals surface area (Å²) in [5.74, 6) is -0.385. The number of carbonyl (C=O) groups excluding carboxylic acids is 1. The van der Waals surface area contributed by atoms with Gasteiger partial charge in [-0.2, -0.15) is 0 Å². The SMILES string of the molecule is CCC(C)c1cc(Oc2c(Br)cc(N(CC(=O)O)C(=O)c3ccco3)cc2Br)ccc1O. The van der Waals surface area contributed by atoms with Crippen LogP contribution in [-0.4, -0.2) is 28.6 Å². The van der Waals surface area contributed by atoms with Gasteiger partial charge in [0, 0.05) is 11.3 Å². The van der Waals surface area contributed by atoms with Gasteiger partial charge >= 0.3 is 5.97 Å². The molecule has 1 heterocycles. The third-order valence-electron chi connectivity index (χ3n) is 4.93. The summed E-state index contributed by atoms with van der Waals surface area (Å²) in [7, 11) is 0. The number of benzene rings is 2. The first-order valence-electron chi connectivity index (χ1n) is 9.78. The Balaban J connectivity index is 1.95. The fourth-order valence-electron chi connectivity index (χ4n) is 3.08. The number of halogens is 2. The Labute approximate surface area is 201 Å². The monoisotopic (exact) mass is 565 g/mol. The first kappa shape index (κ1) is 23.9. The number of anilines is 1. The van der Waals surface area contributed by atoms with Crippen molar-refractivity contribution in [3.8, 4) is 17.2 Å². The van der Waals surface area contributed by atoms with Crippen molar-refractivity contribution in [1.29, 1.82) is 0 Å². The van der Waals surface area contributed by atoms with Crippen molar-refractivity contribution >= 4 is 49.4 Å². The maximum atomic E-state index is 12.8. The van der Waals surface area contributed by atoms with Gasteiger partial charge in [0.15, 0.2) is 11.5 Å². The van der Waals surface area contributed by atoms with Gasteiger partial charge in [0.1, 0.15) is 18.0 Å². The van der Waals surface area contributed by atoms with Crippen LogP contribution in [0.3, 0.4) is 0 Å². The summed E-state index contributed by atoms with van der Waals surface area (Å²) < 4.78 is 12.2. The smallest absolute Gasteiger partial charge is 0.323 e. The third-order valence-corrected chi connectivity index (χ3v) is 6.11. The minimum atomic E-state index is -1.17. The van der Waals surface area contributed by atoms with Crippen molar-refractivity contribution in [3.63, 3.8) is 0 Å². The van der Waals surface area contributed by atoms with Gasteiger partial charge in [-0.25, -0.2) is 0 Å². The molecular formula is C23H21Br2NO6. The lowest BCUT2D eigenvalue weighted by Gasteiger charge is -2.22. The Hall–Kier alpha value is -2.78. The van der Waals surface area contributed by atoms with E-state index in [2.05, 4.69) is 31.9 Å². The Morgan fingerprint density at radius 1 is 1.16 bits per heavy atom. The molecule has 2 N–H and O–H groups in total. The number of amides is 1. The maximum absolute atomic E-state index is 12.8. The predicted molar refractivity (Wildman–Crippen MR) is 127 cm³/mol. The molecule has 2 aromatic carbocycles. The Bertz CT molecular complexity index is 1110. The lowest BCUT2D eigenvalue weighted by atomic mass is 9.97. The van der Waals surface area contributed by atoms with E-state index in [9.17, 15) is 19.8 Å². The second-order valence-electron chi connectivity index (χ2n) is 7.13. The zero-order valence-electron chi connectivity index (χ0n) is 17.3. The maximum Gasteiger partial charge on any atom is 0.323 e. The summed E-state index contributed by atoms with van der Waals surface area (Å²) in [5, 5.41) is 19.4. The number of rotatable bonds is 8. The number of phenols is 1. The van der Waals surface area contributed by atoms with Crippen LogP contribution >= 0.6 is 31.9 Å². The molecule has 9 heteroatoms. The number of phenolic OH excluding ortho intramolecular Hbond substituents is 1. The van der Waals surface area contributed by atoms with E-state index in [4.69, 9.17) is 9.15 Å². The van der Waals surface area contributed by atoms with Crippen LogP contribution < -0.4 is 9.64 Å². The van der Waals surface area contributed by atoms with Crippen LogP contribution in [0.4, 0.5) is 5.69 Å². The molecule has 3 aromatic rings. The fourth-order valence-corrected chi connectivity index (χ4v) is 4.40. The van der Waals surface area contributed by atoms with Crippen molar-refractivity contribution in [2.45, 2.75) is 26.2 Å². The number of hydrogen-bond acceptors (Lipinski definition) is 5. The lowest BCUT2D eigenvalue weighted by Crippen LogP contribution is -2.35. The van der Waals surface area contributed by atoms with Crippen molar-refractivity contribution in [2.75, 3.05) is 11.4 Å². The normalized spacial score (nSPS) is 11.8. The average Bonchev–Trinajstić information content (AvgIpc) is 3.29. The number of aliphatic carboxylic acids is 1. The fraction of sp³-hybridized carbons (Fsp3) is 0.217. The molecule has 0 bridgehead atoms. The van der Waals surface area contributed by atoms with Gasteiger partial charge < -0.3 is 19.4 Å². The quantitative estimate of drug-likeness (QED) is 0.321. The van der Waals surface area contributed by atoms with Crippen LogP contribution in [-0.2, 0) is 4.79 Å². The highest BCUT2D eigenvalue weighted by molar-refractivity contribution is 9.11. The van der Waals surface area contributed by atoms with Crippen molar-refractivity contribution < 1.29 is 29.0 Å². The number of nitrogens with zero attached hydrogens (tertiary/aromatic N) is 1. The zero-order chi connectivity index (χ0) is 23.4.